The second-order valence-electron chi connectivity index (χ2n) is 7.86. The number of aryl methyl sites for hydroxylation is 1. The van der Waals surface area contributed by atoms with E-state index in [2.05, 4.69) is 65.2 Å². The van der Waals surface area contributed by atoms with E-state index in [4.69, 9.17) is 5.10 Å². The van der Waals surface area contributed by atoms with Gasteiger partial charge in [0.15, 0.2) is 0 Å². The maximum absolute atomic E-state index is 9.60. The number of benzene rings is 2. The second kappa shape index (κ2) is 6.22. The number of aromatic nitrogens is 2. The molecule has 1 aromatic heterocycles. The van der Waals surface area contributed by atoms with Crippen LogP contribution in [0.2, 0.25) is 0 Å². The lowest BCUT2D eigenvalue weighted by molar-refractivity contribution is 0.00105. The van der Waals surface area contributed by atoms with Gasteiger partial charge in [0.2, 0.25) is 0 Å². The Morgan fingerprint density at radius 1 is 1.12 bits per heavy atom. The highest BCUT2D eigenvalue weighted by Gasteiger charge is 2.41. The first-order valence-corrected chi connectivity index (χ1v) is 9.61. The van der Waals surface area contributed by atoms with Crippen LogP contribution >= 0.6 is 0 Å². The molecule has 0 saturated carbocycles. The van der Waals surface area contributed by atoms with E-state index in [1.165, 1.54) is 28.5 Å². The molecule has 26 heavy (non-hydrogen) atoms. The summed E-state index contributed by atoms with van der Waals surface area (Å²) in [5.41, 5.74) is 3.57. The number of hydrogen-bond acceptors (Lipinski definition) is 3. The van der Waals surface area contributed by atoms with Crippen molar-refractivity contribution in [1.29, 1.82) is 0 Å². The smallest absolute Gasteiger partial charge is 0.0926 e. The lowest BCUT2D eigenvalue weighted by Gasteiger charge is -2.49. The van der Waals surface area contributed by atoms with Crippen molar-refractivity contribution in [3.63, 3.8) is 0 Å². The summed E-state index contributed by atoms with van der Waals surface area (Å²) < 4.78 is 2.07. The fraction of sp³-hybridized carbons (Fsp3) is 0.409. The van der Waals surface area contributed by atoms with Gasteiger partial charge in [0.1, 0.15) is 0 Å². The molecule has 0 radical (unpaired) electrons. The summed E-state index contributed by atoms with van der Waals surface area (Å²) in [7, 11) is 2.07. The molecule has 3 aliphatic rings. The van der Waals surface area contributed by atoms with Crippen molar-refractivity contribution in [2.75, 3.05) is 19.7 Å². The monoisotopic (exact) mass is 347 g/mol. The lowest BCUT2D eigenvalue weighted by Crippen LogP contribution is -2.53. The molecule has 134 valence electrons. The molecule has 4 atom stereocenters. The Morgan fingerprint density at radius 3 is 2.73 bits per heavy atom. The Bertz CT molecular complexity index is 947. The zero-order chi connectivity index (χ0) is 17.7. The molecule has 2 bridgehead atoms. The molecule has 3 aromatic rings. The number of aliphatic hydroxyl groups excluding tert-OH is 1. The molecule has 1 unspecified atom stereocenters. The first-order chi connectivity index (χ1) is 12.7. The molecule has 4 heterocycles. The summed E-state index contributed by atoms with van der Waals surface area (Å²) in [6.07, 6.45) is 2.34. The van der Waals surface area contributed by atoms with Crippen LogP contribution < -0.4 is 0 Å². The predicted octanol–water partition coefficient (Wildman–Crippen LogP) is 3.41. The molecule has 3 fully saturated rings. The third kappa shape index (κ3) is 2.56. The van der Waals surface area contributed by atoms with E-state index in [0.29, 0.717) is 17.9 Å². The Kier molecular flexibility index (Phi) is 3.84. The van der Waals surface area contributed by atoms with E-state index in [9.17, 15) is 5.11 Å². The summed E-state index contributed by atoms with van der Waals surface area (Å²) in [4.78, 5) is 2.47. The molecule has 0 aliphatic carbocycles. The Hall–Kier alpha value is -2.17. The quantitative estimate of drug-likeness (QED) is 0.789. The minimum Gasteiger partial charge on any atom is -0.395 e. The molecule has 6 rings (SSSR count). The van der Waals surface area contributed by atoms with Gasteiger partial charge in [0.25, 0.3) is 0 Å². The molecule has 3 aliphatic heterocycles. The van der Waals surface area contributed by atoms with Gasteiger partial charge in [-0.1, -0.05) is 36.4 Å². The van der Waals surface area contributed by atoms with E-state index < -0.39 is 0 Å². The summed E-state index contributed by atoms with van der Waals surface area (Å²) in [5.74, 6) is 1.19. The molecule has 1 N–H and O–H groups in total. The van der Waals surface area contributed by atoms with Crippen LogP contribution in [0.5, 0.6) is 0 Å². The van der Waals surface area contributed by atoms with Gasteiger partial charge in [-0.2, -0.15) is 5.10 Å². The highest BCUT2D eigenvalue weighted by molar-refractivity contribution is 5.86. The Balaban J connectivity index is 1.48. The number of hydrogen-bond donors (Lipinski definition) is 1. The van der Waals surface area contributed by atoms with E-state index in [0.717, 1.165) is 25.2 Å². The molecule has 3 saturated heterocycles. The molecular weight excluding hydrogens is 322 g/mol. The number of nitrogens with zero attached hydrogens (tertiary/aromatic N) is 3. The van der Waals surface area contributed by atoms with Crippen LogP contribution in [-0.4, -0.2) is 45.5 Å². The van der Waals surface area contributed by atoms with Gasteiger partial charge in [0, 0.05) is 36.8 Å². The fourth-order valence-electron chi connectivity index (χ4n) is 4.98. The summed E-state index contributed by atoms with van der Waals surface area (Å²) in [5, 5.41) is 17.0. The van der Waals surface area contributed by atoms with Crippen LogP contribution in [0.3, 0.4) is 0 Å². The van der Waals surface area contributed by atoms with E-state index in [1.54, 1.807) is 0 Å². The first-order valence-electron chi connectivity index (χ1n) is 9.61. The number of fused-ring (bicyclic) bond motifs is 4. The minimum absolute atomic E-state index is 0.289. The summed E-state index contributed by atoms with van der Waals surface area (Å²) >= 11 is 0. The van der Waals surface area contributed by atoms with Crippen LogP contribution in [0, 0.1) is 5.92 Å². The zero-order valence-corrected chi connectivity index (χ0v) is 15.2. The predicted molar refractivity (Wildman–Crippen MR) is 104 cm³/mol. The third-order valence-corrected chi connectivity index (χ3v) is 6.43. The lowest BCUT2D eigenvalue weighted by atomic mass is 9.74. The number of aliphatic hydroxyl groups is 1. The van der Waals surface area contributed by atoms with Crippen LogP contribution in [-0.2, 0) is 7.05 Å². The van der Waals surface area contributed by atoms with Crippen molar-refractivity contribution in [2.45, 2.75) is 24.8 Å². The van der Waals surface area contributed by atoms with Crippen LogP contribution in [0.15, 0.2) is 48.5 Å². The Labute approximate surface area is 154 Å². The third-order valence-electron chi connectivity index (χ3n) is 6.43. The summed E-state index contributed by atoms with van der Waals surface area (Å²) in [6.45, 7) is 2.46. The van der Waals surface area contributed by atoms with Crippen molar-refractivity contribution >= 4 is 10.8 Å². The van der Waals surface area contributed by atoms with Crippen molar-refractivity contribution in [3.8, 4) is 11.3 Å². The van der Waals surface area contributed by atoms with E-state index in [-0.39, 0.29) is 6.61 Å². The highest BCUT2D eigenvalue weighted by atomic mass is 16.3. The highest BCUT2D eigenvalue weighted by Crippen LogP contribution is 2.42. The van der Waals surface area contributed by atoms with Gasteiger partial charge in [-0.3, -0.25) is 9.58 Å². The second-order valence-corrected chi connectivity index (χ2v) is 7.86. The van der Waals surface area contributed by atoms with Crippen molar-refractivity contribution < 1.29 is 5.11 Å². The maximum Gasteiger partial charge on any atom is 0.0926 e. The largest absolute Gasteiger partial charge is 0.395 e. The van der Waals surface area contributed by atoms with Gasteiger partial charge in [-0.05, 0) is 48.2 Å². The Morgan fingerprint density at radius 2 is 1.96 bits per heavy atom. The van der Waals surface area contributed by atoms with Crippen molar-refractivity contribution in [1.82, 2.24) is 14.7 Å². The standard InChI is InChI=1S/C22H25N3O/c1-24-22(20-13-25-9-8-17(20)11-19(25)14-26)12-21(23-24)18-7-6-15-4-2-3-5-16(15)10-18/h2-7,10,12,17,19-20,26H,8-9,11,13-14H2,1H3/t17-,19+,20+/m0/s1. The van der Waals surface area contributed by atoms with Crippen LogP contribution in [0.4, 0.5) is 0 Å². The molecule has 0 amide bonds. The van der Waals surface area contributed by atoms with Crippen molar-refractivity contribution in [2.24, 2.45) is 13.0 Å². The van der Waals surface area contributed by atoms with Gasteiger partial charge < -0.3 is 5.11 Å². The van der Waals surface area contributed by atoms with Crippen LogP contribution in [0.25, 0.3) is 22.0 Å². The van der Waals surface area contributed by atoms with E-state index in [1.807, 2.05) is 0 Å². The van der Waals surface area contributed by atoms with Crippen molar-refractivity contribution in [3.05, 3.63) is 54.2 Å². The topological polar surface area (TPSA) is 41.3 Å². The van der Waals surface area contributed by atoms with Gasteiger partial charge in [0.05, 0.1) is 12.3 Å². The van der Waals surface area contributed by atoms with Gasteiger partial charge in [-0.25, -0.2) is 0 Å². The number of piperidine rings is 3. The average Bonchev–Trinajstić information content (AvgIpc) is 3.09. The molecule has 0 spiro atoms. The van der Waals surface area contributed by atoms with E-state index >= 15 is 0 Å². The van der Waals surface area contributed by atoms with Gasteiger partial charge >= 0.3 is 0 Å². The number of rotatable bonds is 3. The molecule has 4 nitrogen and oxygen atoms in total. The SMILES string of the molecule is Cn1nc(-c2ccc3ccccc3c2)cc1[C@@H]1CN2CC[C@H]1C[C@@H]2CO. The summed E-state index contributed by atoms with van der Waals surface area (Å²) in [6, 6.07) is 17.7. The first kappa shape index (κ1) is 16.0. The molecular formula is C22H25N3O. The molecule has 2 aromatic carbocycles. The zero-order valence-electron chi connectivity index (χ0n) is 15.2. The minimum atomic E-state index is 0.289. The molecule has 4 heteroatoms. The van der Waals surface area contributed by atoms with Crippen LogP contribution in [0.1, 0.15) is 24.5 Å². The fourth-order valence-corrected chi connectivity index (χ4v) is 4.98. The van der Waals surface area contributed by atoms with Gasteiger partial charge in [-0.15, -0.1) is 0 Å². The average molecular weight is 347 g/mol. The normalized spacial score (nSPS) is 27.9. The maximum atomic E-state index is 9.60.